The van der Waals surface area contributed by atoms with Crippen LogP contribution in [-0.4, -0.2) is 48.9 Å². The van der Waals surface area contributed by atoms with Gasteiger partial charge in [0.25, 0.3) is 0 Å². The normalized spacial score (nSPS) is 12.7. The molecule has 0 fully saturated rings. The van der Waals surface area contributed by atoms with Gasteiger partial charge >= 0.3 is 5.97 Å². The standard InChI is InChI=1S/C28H33NO5/c1-4-34-26-18-23(15-16-25(26)32-2)17-24(27(30)28(31)33-3)29(19-21-11-7-5-8-12-21)20-22-13-9-6-10-14-22/h5-16,18,24,27,30H,4,17,19-20H2,1-3H3. The molecule has 0 aromatic heterocycles. The first-order chi connectivity index (χ1) is 16.5. The topological polar surface area (TPSA) is 68.2 Å². The third-order valence-electron chi connectivity index (χ3n) is 5.71. The Hall–Kier alpha value is -3.35. The molecule has 1 N–H and O–H groups in total. The van der Waals surface area contributed by atoms with E-state index in [9.17, 15) is 9.90 Å². The van der Waals surface area contributed by atoms with Crippen LogP contribution in [0.5, 0.6) is 11.5 Å². The summed E-state index contributed by atoms with van der Waals surface area (Å²) in [7, 11) is 2.89. The lowest BCUT2D eigenvalue weighted by atomic mass is 9.97. The average Bonchev–Trinajstić information content (AvgIpc) is 2.87. The van der Waals surface area contributed by atoms with Crippen LogP contribution in [0.15, 0.2) is 78.9 Å². The number of nitrogens with zero attached hydrogens (tertiary/aromatic N) is 1. The molecule has 0 amide bonds. The molecule has 34 heavy (non-hydrogen) atoms. The van der Waals surface area contributed by atoms with E-state index in [1.54, 1.807) is 7.11 Å². The van der Waals surface area contributed by atoms with E-state index < -0.39 is 18.1 Å². The zero-order valence-corrected chi connectivity index (χ0v) is 20.0. The first-order valence-corrected chi connectivity index (χ1v) is 11.4. The molecule has 0 aliphatic rings. The largest absolute Gasteiger partial charge is 0.493 e. The van der Waals surface area contributed by atoms with Crippen LogP contribution in [0.3, 0.4) is 0 Å². The highest BCUT2D eigenvalue weighted by Gasteiger charge is 2.32. The molecule has 3 aromatic carbocycles. The summed E-state index contributed by atoms with van der Waals surface area (Å²) in [4.78, 5) is 14.6. The van der Waals surface area contributed by atoms with Crippen LogP contribution in [0.25, 0.3) is 0 Å². The summed E-state index contributed by atoms with van der Waals surface area (Å²) in [5, 5.41) is 11.1. The number of carbonyl (C=O) groups is 1. The number of hydrogen-bond acceptors (Lipinski definition) is 6. The Balaban J connectivity index is 1.98. The van der Waals surface area contributed by atoms with Gasteiger partial charge in [0.2, 0.25) is 0 Å². The van der Waals surface area contributed by atoms with Gasteiger partial charge in [-0.1, -0.05) is 66.7 Å². The van der Waals surface area contributed by atoms with Crippen molar-refractivity contribution in [3.8, 4) is 11.5 Å². The Labute approximate surface area is 201 Å². The maximum absolute atomic E-state index is 12.5. The second kappa shape index (κ2) is 12.8. The quantitative estimate of drug-likeness (QED) is 0.405. The number of carbonyl (C=O) groups excluding carboxylic acids is 1. The van der Waals surface area contributed by atoms with E-state index in [2.05, 4.69) is 4.90 Å². The summed E-state index contributed by atoms with van der Waals surface area (Å²) < 4.78 is 16.1. The van der Waals surface area contributed by atoms with Crippen LogP contribution >= 0.6 is 0 Å². The fourth-order valence-corrected chi connectivity index (χ4v) is 4.00. The van der Waals surface area contributed by atoms with Crippen molar-refractivity contribution in [2.24, 2.45) is 0 Å². The minimum absolute atomic E-state index is 0.417. The number of aliphatic hydroxyl groups excluding tert-OH is 1. The third kappa shape index (κ3) is 6.83. The van der Waals surface area contributed by atoms with Gasteiger partial charge in [-0.15, -0.1) is 0 Å². The van der Waals surface area contributed by atoms with E-state index in [0.717, 1.165) is 16.7 Å². The lowest BCUT2D eigenvalue weighted by Gasteiger charge is -2.34. The molecule has 2 unspecified atom stereocenters. The van der Waals surface area contributed by atoms with Crippen LogP contribution in [-0.2, 0) is 29.0 Å². The molecule has 0 spiro atoms. The molecule has 2 atom stereocenters. The molecule has 180 valence electrons. The molecule has 0 aliphatic carbocycles. The van der Waals surface area contributed by atoms with E-state index in [1.807, 2.05) is 85.8 Å². The SMILES string of the molecule is CCOc1cc(CC(C(O)C(=O)OC)N(Cc2ccccc2)Cc2ccccc2)ccc1OC. The number of ether oxygens (including phenoxy) is 3. The molecular formula is C28H33NO5. The Morgan fingerprint density at radius 1 is 0.853 bits per heavy atom. The lowest BCUT2D eigenvalue weighted by molar-refractivity contribution is -0.154. The number of esters is 1. The van der Waals surface area contributed by atoms with Crippen molar-refractivity contribution in [2.75, 3.05) is 20.8 Å². The van der Waals surface area contributed by atoms with Crippen molar-refractivity contribution in [3.05, 3.63) is 95.6 Å². The van der Waals surface area contributed by atoms with E-state index in [-0.39, 0.29) is 0 Å². The highest BCUT2D eigenvalue weighted by Crippen LogP contribution is 2.30. The summed E-state index contributed by atoms with van der Waals surface area (Å²) in [5.74, 6) is 0.613. The maximum atomic E-state index is 12.5. The predicted octanol–water partition coefficient (Wildman–Crippen LogP) is 4.24. The maximum Gasteiger partial charge on any atom is 0.336 e. The van der Waals surface area contributed by atoms with Gasteiger partial charge in [-0.2, -0.15) is 0 Å². The van der Waals surface area contributed by atoms with Gasteiger partial charge in [-0.05, 0) is 42.2 Å². The summed E-state index contributed by atoms with van der Waals surface area (Å²) in [5.41, 5.74) is 3.10. The molecule has 3 rings (SSSR count). The molecule has 0 saturated carbocycles. The molecular weight excluding hydrogens is 430 g/mol. The first kappa shape index (κ1) is 25.3. The van der Waals surface area contributed by atoms with Crippen molar-refractivity contribution in [1.29, 1.82) is 0 Å². The van der Waals surface area contributed by atoms with Gasteiger partial charge in [0, 0.05) is 13.1 Å². The lowest BCUT2D eigenvalue weighted by Crippen LogP contribution is -2.48. The number of aliphatic hydroxyl groups is 1. The Bertz CT molecular complexity index is 984. The van der Waals surface area contributed by atoms with Gasteiger partial charge < -0.3 is 19.3 Å². The number of benzene rings is 3. The smallest absolute Gasteiger partial charge is 0.336 e. The van der Waals surface area contributed by atoms with Crippen LogP contribution in [0.4, 0.5) is 0 Å². The third-order valence-corrected chi connectivity index (χ3v) is 5.71. The van der Waals surface area contributed by atoms with Gasteiger partial charge in [0.1, 0.15) is 0 Å². The van der Waals surface area contributed by atoms with E-state index >= 15 is 0 Å². The molecule has 0 bridgehead atoms. The zero-order chi connectivity index (χ0) is 24.3. The van der Waals surface area contributed by atoms with Crippen LogP contribution in [0.1, 0.15) is 23.6 Å². The average molecular weight is 464 g/mol. The van der Waals surface area contributed by atoms with E-state index in [4.69, 9.17) is 14.2 Å². The second-order valence-corrected chi connectivity index (χ2v) is 8.03. The summed E-state index contributed by atoms with van der Waals surface area (Å²) in [6.45, 7) is 3.53. The fourth-order valence-electron chi connectivity index (χ4n) is 4.00. The van der Waals surface area contributed by atoms with Crippen molar-refractivity contribution in [2.45, 2.75) is 38.6 Å². The highest BCUT2D eigenvalue weighted by atomic mass is 16.5. The Kier molecular flexibility index (Phi) is 9.50. The van der Waals surface area contributed by atoms with Crippen LogP contribution < -0.4 is 9.47 Å². The van der Waals surface area contributed by atoms with Gasteiger partial charge in [0.05, 0.1) is 26.9 Å². The molecule has 0 saturated heterocycles. The number of methoxy groups -OCH3 is 2. The zero-order valence-electron chi connectivity index (χ0n) is 20.0. The summed E-state index contributed by atoms with van der Waals surface area (Å²) >= 11 is 0. The van der Waals surface area contributed by atoms with Crippen molar-refractivity contribution in [3.63, 3.8) is 0 Å². The monoisotopic (exact) mass is 463 g/mol. The number of rotatable bonds is 12. The van der Waals surface area contributed by atoms with Crippen molar-refractivity contribution < 1.29 is 24.1 Å². The molecule has 3 aromatic rings. The van der Waals surface area contributed by atoms with Gasteiger partial charge in [-0.3, -0.25) is 4.90 Å². The minimum atomic E-state index is -1.32. The molecule has 0 heterocycles. The Morgan fingerprint density at radius 3 is 1.94 bits per heavy atom. The van der Waals surface area contributed by atoms with Gasteiger partial charge in [0.15, 0.2) is 17.6 Å². The van der Waals surface area contributed by atoms with E-state index in [1.165, 1.54) is 7.11 Å². The second-order valence-electron chi connectivity index (χ2n) is 8.03. The first-order valence-electron chi connectivity index (χ1n) is 11.4. The predicted molar refractivity (Wildman–Crippen MR) is 132 cm³/mol. The Morgan fingerprint density at radius 2 is 1.44 bits per heavy atom. The van der Waals surface area contributed by atoms with Gasteiger partial charge in [-0.25, -0.2) is 4.79 Å². The molecule has 6 heteroatoms. The van der Waals surface area contributed by atoms with Crippen LogP contribution in [0.2, 0.25) is 0 Å². The molecule has 0 radical (unpaired) electrons. The summed E-state index contributed by atoms with van der Waals surface area (Å²) in [6.07, 6.45) is -0.907. The molecule has 0 aliphatic heterocycles. The minimum Gasteiger partial charge on any atom is -0.493 e. The molecule has 6 nitrogen and oxygen atoms in total. The summed E-state index contributed by atoms with van der Waals surface area (Å²) in [6, 6.07) is 25.2. The number of hydrogen-bond donors (Lipinski definition) is 1. The van der Waals surface area contributed by atoms with E-state index in [0.29, 0.717) is 37.6 Å². The van der Waals surface area contributed by atoms with Crippen molar-refractivity contribution >= 4 is 5.97 Å². The van der Waals surface area contributed by atoms with Crippen LogP contribution in [0, 0.1) is 0 Å². The van der Waals surface area contributed by atoms with Crippen molar-refractivity contribution in [1.82, 2.24) is 4.90 Å². The highest BCUT2D eigenvalue weighted by molar-refractivity contribution is 5.75. The fraction of sp³-hybridized carbons (Fsp3) is 0.321.